The summed E-state index contributed by atoms with van der Waals surface area (Å²) in [6, 6.07) is 0.443. The molecule has 0 spiro atoms. The van der Waals surface area contributed by atoms with Gasteiger partial charge < -0.3 is 10.6 Å². The predicted molar refractivity (Wildman–Crippen MR) is 83.6 cm³/mol. The molecule has 0 aliphatic rings. The van der Waals surface area contributed by atoms with Gasteiger partial charge in [-0.1, -0.05) is 26.0 Å². The lowest BCUT2D eigenvalue weighted by Gasteiger charge is -2.20. The molecule has 96 valence electrons. The Hall–Kier alpha value is -0.260. The highest BCUT2D eigenvalue weighted by Crippen LogP contribution is 1.98. The molecule has 0 amide bonds. The van der Waals surface area contributed by atoms with E-state index in [4.69, 9.17) is 0 Å². The highest BCUT2D eigenvalue weighted by Gasteiger charge is 2.07. The molecule has 4 heteroatoms. The lowest BCUT2D eigenvalue weighted by molar-refractivity contribution is 0.481. The Bertz CT molecular complexity index is 212. The van der Waals surface area contributed by atoms with Crippen molar-refractivity contribution in [1.29, 1.82) is 0 Å². The van der Waals surface area contributed by atoms with E-state index in [0.29, 0.717) is 12.0 Å². The average Bonchev–Trinajstić information content (AvgIpc) is 2.22. The van der Waals surface area contributed by atoms with Crippen molar-refractivity contribution in [1.82, 2.24) is 10.6 Å². The molecule has 2 N–H and O–H groups in total. The number of nitrogens with zero attached hydrogens (tertiary/aromatic N) is 1. The summed E-state index contributed by atoms with van der Waals surface area (Å²) in [5.74, 6) is 1.50. The number of hydrogen-bond acceptors (Lipinski definition) is 1. The second-order valence-electron chi connectivity index (χ2n) is 4.03. The first-order valence-corrected chi connectivity index (χ1v) is 5.70. The second kappa shape index (κ2) is 11.2. The number of hydrogen-bond donors (Lipinski definition) is 2. The van der Waals surface area contributed by atoms with Crippen LogP contribution in [0.15, 0.2) is 17.1 Å². The number of aliphatic imine (C=N–C) groups is 1. The maximum atomic E-state index is 4.18. The molecule has 3 nitrogen and oxygen atoms in total. The van der Waals surface area contributed by atoms with Gasteiger partial charge in [-0.2, -0.15) is 0 Å². The summed E-state index contributed by atoms with van der Waals surface area (Å²) < 4.78 is 0. The summed E-state index contributed by atoms with van der Waals surface area (Å²) >= 11 is 0. The smallest absolute Gasteiger partial charge is 0.191 e. The highest BCUT2D eigenvalue weighted by molar-refractivity contribution is 14.0. The normalized spacial score (nSPS) is 13.8. The number of rotatable bonds is 5. The van der Waals surface area contributed by atoms with Crippen LogP contribution in [0.25, 0.3) is 0 Å². The largest absolute Gasteiger partial charge is 0.356 e. The molecule has 1 atom stereocenters. The first-order valence-electron chi connectivity index (χ1n) is 5.70. The number of guanidine groups is 1. The number of allylic oxidation sites excluding steroid dienone is 1. The first-order chi connectivity index (χ1) is 7.11. The van der Waals surface area contributed by atoms with Gasteiger partial charge in [-0.05, 0) is 26.2 Å². The minimum Gasteiger partial charge on any atom is -0.356 e. The number of halogens is 1. The fourth-order valence-electron chi connectivity index (χ4n) is 1.02. The van der Waals surface area contributed by atoms with E-state index in [1.807, 2.05) is 6.92 Å². The fraction of sp³-hybridized carbons (Fsp3) is 0.750. The number of nitrogens with one attached hydrogen (secondary N) is 2. The Morgan fingerprint density at radius 1 is 1.31 bits per heavy atom. The standard InChI is InChI=1S/C12H25N3.HI/c1-6-7-8-9-14-12(13-5)15-11(4)10(2)3;/h6-7,10-11H,8-9H2,1-5H3,(H2,13,14,15);1H. The van der Waals surface area contributed by atoms with Gasteiger partial charge in [0, 0.05) is 19.6 Å². The quantitative estimate of drug-likeness (QED) is 0.266. The minimum atomic E-state index is 0. The summed E-state index contributed by atoms with van der Waals surface area (Å²) in [6.07, 6.45) is 5.24. The molecule has 1 unspecified atom stereocenters. The van der Waals surface area contributed by atoms with Crippen LogP contribution in [-0.4, -0.2) is 25.6 Å². The Morgan fingerprint density at radius 2 is 1.94 bits per heavy atom. The third kappa shape index (κ3) is 9.00. The van der Waals surface area contributed by atoms with Gasteiger partial charge >= 0.3 is 0 Å². The van der Waals surface area contributed by atoms with E-state index in [2.05, 4.69) is 48.5 Å². The van der Waals surface area contributed by atoms with Crippen molar-refractivity contribution in [3.8, 4) is 0 Å². The van der Waals surface area contributed by atoms with Crippen molar-refractivity contribution in [3.05, 3.63) is 12.2 Å². The van der Waals surface area contributed by atoms with Crippen LogP contribution < -0.4 is 10.6 Å². The first kappa shape index (κ1) is 18.1. The van der Waals surface area contributed by atoms with Crippen LogP contribution >= 0.6 is 24.0 Å². The molecule has 0 aromatic rings. The van der Waals surface area contributed by atoms with Crippen LogP contribution in [0, 0.1) is 5.92 Å². The molecule has 0 aliphatic carbocycles. The molecule has 16 heavy (non-hydrogen) atoms. The lowest BCUT2D eigenvalue weighted by atomic mass is 10.1. The van der Waals surface area contributed by atoms with Gasteiger partial charge in [0.05, 0.1) is 0 Å². The van der Waals surface area contributed by atoms with Crippen molar-refractivity contribution in [3.63, 3.8) is 0 Å². The Morgan fingerprint density at radius 3 is 2.38 bits per heavy atom. The van der Waals surface area contributed by atoms with Crippen molar-refractivity contribution < 1.29 is 0 Å². The zero-order chi connectivity index (χ0) is 11.7. The summed E-state index contributed by atoms with van der Waals surface area (Å²) in [5.41, 5.74) is 0. The van der Waals surface area contributed by atoms with E-state index in [9.17, 15) is 0 Å². The van der Waals surface area contributed by atoms with Gasteiger partial charge in [-0.3, -0.25) is 4.99 Å². The van der Waals surface area contributed by atoms with Gasteiger partial charge in [0.1, 0.15) is 0 Å². The van der Waals surface area contributed by atoms with E-state index < -0.39 is 0 Å². The monoisotopic (exact) mass is 339 g/mol. The molecular weight excluding hydrogens is 313 g/mol. The second-order valence-corrected chi connectivity index (χ2v) is 4.03. The van der Waals surface area contributed by atoms with Crippen molar-refractivity contribution in [2.75, 3.05) is 13.6 Å². The predicted octanol–water partition coefficient (Wildman–Crippen LogP) is 2.78. The van der Waals surface area contributed by atoms with Crippen LogP contribution in [-0.2, 0) is 0 Å². The molecule has 0 fully saturated rings. The van der Waals surface area contributed by atoms with Gasteiger partial charge in [-0.25, -0.2) is 0 Å². The molecule has 0 radical (unpaired) electrons. The SMILES string of the molecule is CC=CCCNC(=NC)NC(C)C(C)C.I. The summed E-state index contributed by atoms with van der Waals surface area (Å²) in [4.78, 5) is 4.18. The van der Waals surface area contributed by atoms with E-state index in [1.54, 1.807) is 7.05 Å². The maximum Gasteiger partial charge on any atom is 0.191 e. The van der Waals surface area contributed by atoms with Crippen LogP contribution in [0.2, 0.25) is 0 Å². The topological polar surface area (TPSA) is 36.4 Å². The Kier molecular flexibility index (Phi) is 12.7. The third-order valence-corrected chi connectivity index (χ3v) is 2.43. The highest BCUT2D eigenvalue weighted by atomic mass is 127. The van der Waals surface area contributed by atoms with Crippen LogP contribution in [0.4, 0.5) is 0 Å². The lowest BCUT2D eigenvalue weighted by Crippen LogP contribution is -2.44. The maximum absolute atomic E-state index is 4.18. The average molecular weight is 339 g/mol. The molecule has 0 aliphatic heterocycles. The summed E-state index contributed by atoms with van der Waals surface area (Å²) in [6.45, 7) is 9.53. The zero-order valence-electron chi connectivity index (χ0n) is 11.1. The van der Waals surface area contributed by atoms with Crippen LogP contribution in [0.3, 0.4) is 0 Å². The van der Waals surface area contributed by atoms with Crippen molar-refractivity contribution in [2.24, 2.45) is 10.9 Å². The molecule has 0 saturated carbocycles. The molecule has 0 heterocycles. The van der Waals surface area contributed by atoms with Gasteiger partial charge in [0.15, 0.2) is 5.96 Å². The molecular formula is C12H26IN3. The van der Waals surface area contributed by atoms with E-state index in [0.717, 1.165) is 18.9 Å². The van der Waals surface area contributed by atoms with Crippen molar-refractivity contribution in [2.45, 2.75) is 40.2 Å². The summed E-state index contributed by atoms with van der Waals surface area (Å²) in [7, 11) is 1.80. The van der Waals surface area contributed by atoms with Gasteiger partial charge in [0.25, 0.3) is 0 Å². The van der Waals surface area contributed by atoms with E-state index in [-0.39, 0.29) is 24.0 Å². The molecule has 0 saturated heterocycles. The zero-order valence-corrected chi connectivity index (χ0v) is 13.4. The van der Waals surface area contributed by atoms with Crippen LogP contribution in [0.5, 0.6) is 0 Å². The molecule has 0 aromatic carbocycles. The minimum absolute atomic E-state index is 0. The molecule has 0 bridgehead atoms. The van der Waals surface area contributed by atoms with Crippen molar-refractivity contribution >= 4 is 29.9 Å². The Labute approximate surface area is 117 Å². The third-order valence-electron chi connectivity index (χ3n) is 2.43. The Balaban J connectivity index is 0. The van der Waals surface area contributed by atoms with Gasteiger partial charge in [-0.15, -0.1) is 24.0 Å². The van der Waals surface area contributed by atoms with Crippen LogP contribution in [0.1, 0.15) is 34.1 Å². The molecule has 0 rings (SSSR count). The van der Waals surface area contributed by atoms with Gasteiger partial charge in [0.2, 0.25) is 0 Å². The van der Waals surface area contributed by atoms with E-state index >= 15 is 0 Å². The fourth-order valence-corrected chi connectivity index (χ4v) is 1.02. The van der Waals surface area contributed by atoms with E-state index in [1.165, 1.54) is 0 Å². The summed E-state index contributed by atoms with van der Waals surface area (Å²) in [5, 5.41) is 6.64. The molecule has 0 aromatic heterocycles.